The molecule has 154 valence electrons. The van der Waals surface area contributed by atoms with Crippen molar-refractivity contribution in [3.05, 3.63) is 52.0 Å². The third kappa shape index (κ3) is 4.53. The van der Waals surface area contributed by atoms with E-state index in [2.05, 4.69) is 21.2 Å². The summed E-state index contributed by atoms with van der Waals surface area (Å²) >= 11 is 3.41. The second kappa shape index (κ2) is 8.28. The summed E-state index contributed by atoms with van der Waals surface area (Å²) in [4.78, 5) is 25.9. The molecule has 0 aliphatic carbocycles. The van der Waals surface area contributed by atoms with Gasteiger partial charge >= 0.3 is 0 Å². The fourth-order valence-corrected chi connectivity index (χ4v) is 5.07. The van der Waals surface area contributed by atoms with Crippen LogP contribution < -0.4 is 10.2 Å². The van der Waals surface area contributed by atoms with E-state index in [0.29, 0.717) is 18.7 Å². The molecule has 0 aromatic heterocycles. The zero-order valence-electron chi connectivity index (χ0n) is 16.5. The van der Waals surface area contributed by atoms with Crippen molar-refractivity contribution in [2.45, 2.75) is 43.8 Å². The van der Waals surface area contributed by atoms with Gasteiger partial charge in [0.05, 0.1) is 10.1 Å². The van der Waals surface area contributed by atoms with Crippen molar-refractivity contribution in [2.24, 2.45) is 0 Å². The Morgan fingerprint density at radius 2 is 1.93 bits per heavy atom. The predicted octanol–water partition coefficient (Wildman–Crippen LogP) is 3.86. The molecule has 0 radical (unpaired) electrons. The van der Waals surface area contributed by atoms with Gasteiger partial charge in [0, 0.05) is 35.7 Å². The van der Waals surface area contributed by atoms with Crippen LogP contribution in [0.15, 0.2) is 45.8 Å². The summed E-state index contributed by atoms with van der Waals surface area (Å²) in [6.45, 7) is 5.50. The molecule has 0 fully saturated rings. The molecule has 2 amide bonds. The Kier molecular flexibility index (Phi) is 6.14. The molecule has 1 aliphatic heterocycles. The number of nitrogens with zero attached hydrogens (tertiary/aromatic N) is 1. The number of fused-ring (bicyclic) bond motifs is 1. The molecule has 0 spiro atoms. The van der Waals surface area contributed by atoms with Crippen molar-refractivity contribution in [3.8, 4) is 0 Å². The van der Waals surface area contributed by atoms with Gasteiger partial charge < -0.3 is 10.2 Å². The third-order valence-corrected chi connectivity index (χ3v) is 8.13. The molecule has 0 saturated heterocycles. The van der Waals surface area contributed by atoms with Gasteiger partial charge in [-0.3, -0.25) is 9.59 Å². The van der Waals surface area contributed by atoms with Gasteiger partial charge in [-0.05, 0) is 67.8 Å². The topological polar surface area (TPSA) is 83.6 Å². The van der Waals surface area contributed by atoms with Gasteiger partial charge in [0.1, 0.15) is 0 Å². The molecule has 1 heterocycles. The van der Waals surface area contributed by atoms with E-state index in [-0.39, 0.29) is 23.1 Å². The molecule has 8 heteroatoms. The second-order valence-corrected chi connectivity index (χ2v) is 10.5. The van der Waals surface area contributed by atoms with E-state index < -0.39 is 15.1 Å². The largest absolute Gasteiger partial charge is 0.326 e. The zero-order valence-corrected chi connectivity index (χ0v) is 18.9. The van der Waals surface area contributed by atoms with E-state index in [4.69, 9.17) is 0 Å². The number of benzene rings is 2. The van der Waals surface area contributed by atoms with Gasteiger partial charge in [-0.15, -0.1) is 0 Å². The maximum Gasteiger partial charge on any atom is 0.225 e. The fourth-order valence-electron chi connectivity index (χ4n) is 3.42. The minimum absolute atomic E-state index is 0.0624. The first-order valence-electron chi connectivity index (χ1n) is 9.30. The highest BCUT2D eigenvalue weighted by Gasteiger charge is 2.29. The van der Waals surface area contributed by atoms with E-state index in [1.54, 1.807) is 23.1 Å². The number of sulfone groups is 1. The first kappa shape index (κ1) is 21.5. The van der Waals surface area contributed by atoms with Crippen LogP contribution in [0.3, 0.4) is 0 Å². The average Bonchev–Trinajstić information content (AvgIpc) is 3.08. The molecular weight excluding hydrogens is 456 g/mol. The molecule has 3 rings (SSSR count). The van der Waals surface area contributed by atoms with Crippen LogP contribution in [0.2, 0.25) is 0 Å². The van der Waals surface area contributed by atoms with Gasteiger partial charge in [0.15, 0.2) is 9.84 Å². The number of carbonyl (C=O) groups excluding carboxylic acids is 2. The van der Waals surface area contributed by atoms with Crippen LogP contribution >= 0.6 is 15.9 Å². The number of nitrogens with one attached hydrogen (secondary N) is 1. The molecule has 2 aromatic carbocycles. The Hall–Kier alpha value is -2.19. The lowest BCUT2D eigenvalue weighted by Crippen LogP contribution is -2.26. The number of hydrogen-bond donors (Lipinski definition) is 1. The Bertz CT molecular complexity index is 1080. The monoisotopic (exact) mass is 478 g/mol. The van der Waals surface area contributed by atoms with Crippen molar-refractivity contribution in [1.29, 1.82) is 0 Å². The van der Waals surface area contributed by atoms with Crippen molar-refractivity contribution in [1.82, 2.24) is 0 Å². The quantitative estimate of drug-likeness (QED) is 0.706. The van der Waals surface area contributed by atoms with E-state index in [0.717, 1.165) is 21.3 Å². The van der Waals surface area contributed by atoms with Gasteiger partial charge in [0.2, 0.25) is 11.8 Å². The Morgan fingerprint density at radius 1 is 1.21 bits per heavy atom. The molecular formula is C21H23BrN2O4S. The first-order valence-corrected chi connectivity index (χ1v) is 11.6. The SMILES string of the molecule is CC(=O)N1CCc2cc(S(=O)(=O)[C@H](C)CC(=O)Nc3ccc(Br)c(C)c3)ccc21. The highest BCUT2D eigenvalue weighted by Crippen LogP contribution is 2.31. The molecule has 1 N–H and O–H groups in total. The van der Waals surface area contributed by atoms with Crippen LogP contribution in [0.1, 0.15) is 31.4 Å². The van der Waals surface area contributed by atoms with E-state index in [1.807, 2.05) is 19.1 Å². The summed E-state index contributed by atoms with van der Waals surface area (Å²) in [5.41, 5.74) is 3.19. The summed E-state index contributed by atoms with van der Waals surface area (Å²) in [7, 11) is -3.67. The Balaban J connectivity index is 1.73. The van der Waals surface area contributed by atoms with Crippen LogP contribution in [-0.4, -0.2) is 32.0 Å². The average molecular weight is 479 g/mol. The first-order chi connectivity index (χ1) is 13.6. The maximum atomic E-state index is 13.0. The number of amides is 2. The molecule has 2 aromatic rings. The third-order valence-electron chi connectivity index (χ3n) is 5.10. The number of aryl methyl sites for hydroxylation is 1. The maximum absolute atomic E-state index is 13.0. The summed E-state index contributed by atoms with van der Waals surface area (Å²) in [6, 6.07) is 10.2. The fraction of sp³-hybridized carbons (Fsp3) is 0.333. The normalized spacial score (nSPS) is 14.4. The van der Waals surface area contributed by atoms with Crippen molar-refractivity contribution in [3.63, 3.8) is 0 Å². The number of rotatable bonds is 5. The summed E-state index contributed by atoms with van der Waals surface area (Å²) in [5, 5.41) is 1.88. The molecule has 1 atom stereocenters. The van der Waals surface area contributed by atoms with Gasteiger partial charge in [-0.2, -0.15) is 0 Å². The minimum atomic E-state index is -3.67. The molecule has 0 saturated carbocycles. The smallest absolute Gasteiger partial charge is 0.225 e. The van der Waals surface area contributed by atoms with Crippen LogP contribution in [-0.2, 0) is 25.8 Å². The lowest BCUT2D eigenvalue weighted by molar-refractivity contribution is -0.117. The highest BCUT2D eigenvalue weighted by molar-refractivity contribution is 9.10. The van der Waals surface area contributed by atoms with Crippen LogP contribution in [0.4, 0.5) is 11.4 Å². The standard InChI is InChI=1S/C21H23BrN2O4S/c1-13-10-17(4-6-19(13)22)23-21(26)11-14(2)29(27,28)18-5-7-20-16(12-18)8-9-24(20)15(3)25/h4-7,10,12,14H,8-9,11H2,1-3H3,(H,23,26)/t14-/m1/s1. The van der Waals surface area contributed by atoms with E-state index in [1.165, 1.54) is 19.9 Å². The lowest BCUT2D eigenvalue weighted by Gasteiger charge is -2.16. The van der Waals surface area contributed by atoms with Crippen LogP contribution in [0.25, 0.3) is 0 Å². The van der Waals surface area contributed by atoms with Crippen molar-refractivity contribution in [2.75, 3.05) is 16.8 Å². The molecule has 1 aliphatic rings. The Morgan fingerprint density at radius 3 is 2.59 bits per heavy atom. The van der Waals surface area contributed by atoms with Gasteiger partial charge in [-0.1, -0.05) is 15.9 Å². The number of halogens is 1. The highest BCUT2D eigenvalue weighted by atomic mass is 79.9. The lowest BCUT2D eigenvalue weighted by atomic mass is 10.2. The molecule has 0 bridgehead atoms. The predicted molar refractivity (Wildman–Crippen MR) is 117 cm³/mol. The van der Waals surface area contributed by atoms with Gasteiger partial charge in [-0.25, -0.2) is 8.42 Å². The number of anilines is 2. The molecule has 29 heavy (non-hydrogen) atoms. The Labute approximate surface area is 179 Å². The van der Waals surface area contributed by atoms with Crippen LogP contribution in [0.5, 0.6) is 0 Å². The number of hydrogen-bond acceptors (Lipinski definition) is 4. The van der Waals surface area contributed by atoms with Gasteiger partial charge in [0.25, 0.3) is 0 Å². The van der Waals surface area contributed by atoms with Crippen molar-refractivity contribution < 1.29 is 18.0 Å². The number of carbonyl (C=O) groups is 2. The second-order valence-electron chi connectivity index (χ2n) is 7.28. The summed E-state index contributed by atoms with van der Waals surface area (Å²) in [5.74, 6) is -0.417. The van der Waals surface area contributed by atoms with E-state index >= 15 is 0 Å². The molecule has 0 unspecified atom stereocenters. The zero-order chi connectivity index (χ0) is 21.3. The van der Waals surface area contributed by atoms with E-state index in [9.17, 15) is 18.0 Å². The summed E-state index contributed by atoms with van der Waals surface area (Å²) in [6.07, 6.45) is 0.476. The van der Waals surface area contributed by atoms with Crippen molar-refractivity contribution >= 4 is 49.0 Å². The molecule has 6 nitrogen and oxygen atoms in total. The summed E-state index contributed by atoms with van der Waals surface area (Å²) < 4.78 is 26.9. The minimum Gasteiger partial charge on any atom is -0.326 e. The van der Waals surface area contributed by atoms with Crippen LogP contribution in [0, 0.1) is 6.92 Å².